The molecule has 34 heavy (non-hydrogen) atoms. The smallest absolute Gasteiger partial charge is 0.306 e. The Kier molecular flexibility index (Phi) is 6.53. The fraction of sp³-hybridized carbons (Fsp3) is 0.769. The molecule has 0 aromatic carbocycles. The lowest BCUT2D eigenvalue weighted by atomic mass is 9.45. The molecule has 0 amide bonds. The Balaban J connectivity index is 1.49. The molecular formula is C26H36O8. The molecule has 3 fully saturated rings. The SMILES string of the molecule is C[C@]12CCC(=O)C=C1CC[C@@H]1[C@@H]2[C@H](O)C[C@@]2(C)[C@H]1CC[C@]2(O)C(=O)COC(=O)CCCC(=O)O. The molecule has 3 N–H and O–H groups in total. The quantitative estimate of drug-likeness (QED) is 0.477. The van der Waals surface area contributed by atoms with E-state index in [2.05, 4.69) is 6.92 Å². The van der Waals surface area contributed by atoms with Crippen LogP contribution in [-0.4, -0.2) is 57.1 Å². The first kappa shape index (κ1) is 25.0. The highest BCUT2D eigenvalue weighted by atomic mass is 16.5. The molecule has 0 saturated heterocycles. The molecule has 0 aromatic heterocycles. The van der Waals surface area contributed by atoms with Crippen molar-refractivity contribution in [3.05, 3.63) is 11.6 Å². The number of ether oxygens (including phenoxy) is 1. The summed E-state index contributed by atoms with van der Waals surface area (Å²) in [5.74, 6) is -1.88. The summed E-state index contributed by atoms with van der Waals surface area (Å²) in [6.07, 6.45) is 4.97. The van der Waals surface area contributed by atoms with E-state index in [1.54, 1.807) is 6.08 Å². The van der Waals surface area contributed by atoms with Gasteiger partial charge in [0.2, 0.25) is 5.78 Å². The summed E-state index contributed by atoms with van der Waals surface area (Å²) in [6.45, 7) is 3.49. The summed E-state index contributed by atoms with van der Waals surface area (Å²) in [4.78, 5) is 47.7. The zero-order valence-corrected chi connectivity index (χ0v) is 20.0. The van der Waals surface area contributed by atoms with Crippen LogP contribution in [0.5, 0.6) is 0 Å². The van der Waals surface area contributed by atoms with Crippen LogP contribution in [0, 0.1) is 28.6 Å². The van der Waals surface area contributed by atoms with Crippen LogP contribution in [0.25, 0.3) is 0 Å². The Bertz CT molecular complexity index is 924. The minimum absolute atomic E-state index is 0.0109. The van der Waals surface area contributed by atoms with Gasteiger partial charge in [0.05, 0.1) is 6.10 Å². The van der Waals surface area contributed by atoms with Crippen molar-refractivity contribution in [1.82, 2.24) is 0 Å². The molecule has 4 aliphatic carbocycles. The van der Waals surface area contributed by atoms with Gasteiger partial charge in [0.15, 0.2) is 12.4 Å². The number of carboxylic acid groups (broad SMARTS) is 1. The van der Waals surface area contributed by atoms with Crippen LogP contribution in [-0.2, 0) is 23.9 Å². The highest BCUT2D eigenvalue weighted by molar-refractivity contribution is 5.92. The van der Waals surface area contributed by atoms with Crippen molar-refractivity contribution < 1.29 is 39.2 Å². The molecule has 8 nitrogen and oxygen atoms in total. The molecule has 0 bridgehead atoms. The molecular weight excluding hydrogens is 440 g/mol. The number of ketones is 2. The van der Waals surface area contributed by atoms with Crippen LogP contribution in [0.2, 0.25) is 0 Å². The summed E-state index contributed by atoms with van der Waals surface area (Å²) in [5.41, 5.74) is -1.63. The van der Waals surface area contributed by atoms with E-state index in [-0.39, 0.29) is 61.1 Å². The van der Waals surface area contributed by atoms with Crippen molar-refractivity contribution in [2.75, 3.05) is 6.61 Å². The Morgan fingerprint density at radius 2 is 1.85 bits per heavy atom. The first-order valence-electron chi connectivity index (χ1n) is 12.5. The largest absolute Gasteiger partial charge is 0.481 e. The lowest BCUT2D eigenvalue weighted by Crippen LogP contribution is -2.62. The number of carboxylic acids is 1. The lowest BCUT2D eigenvalue weighted by molar-refractivity contribution is -0.184. The predicted molar refractivity (Wildman–Crippen MR) is 121 cm³/mol. The molecule has 4 aliphatic rings. The Morgan fingerprint density at radius 1 is 1.12 bits per heavy atom. The number of hydrogen-bond donors (Lipinski definition) is 3. The predicted octanol–water partition coefficient (Wildman–Crippen LogP) is 2.59. The number of fused-ring (bicyclic) bond motifs is 5. The topological polar surface area (TPSA) is 138 Å². The van der Waals surface area contributed by atoms with Gasteiger partial charge in [-0.2, -0.15) is 0 Å². The van der Waals surface area contributed by atoms with E-state index >= 15 is 0 Å². The van der Waals surface area contributed by atoms with Gasteiger partial charge in [-0.25, -0.2) is 0 Å². The molecule has 8 heteroatoms. The van der Waals surface area contributed by atoms with E-state index in [0.29, 0.717) is 12.8 Å². The number of carbonyl (C=O) groups excluding carboxylic acids is 3. The van der Waals surface area contributed by atoms with Crippen LogP contribution in [0.4, 0.5) is 0 Å². The minimum atomic E-state index is -1.69. The standard InChI is InChI=1S/C26H36O8/c1-24-10-8-16(27)12-15(24)6-7-17-18-9-11-26(33,25(18,2)13-19(28)23(17)24)20(29)14-34-22(32)5-3-4-21(30)31/h12,17-19,23,28,33H,3-11,13-14H2,1-2H3,(H,30,31)/t17-,18-,19+,23+,24-,25-,26-/m0/s1. The monoisotopic (exact) mass is 476 g/mol. The fourth-order valence-electron chi connectivity index (χ4n) is 7.87. The van der Waals surface area contributed by atoms with Crippen molar-refractivity contribution in [1.29, 1.82) is 0 Å². The highest BCUT2D eigenvalue weighted by Gasteiger charge is 2.68. The van der Waals surface area contributed by atoms with E-state index in [9.17, 15) is 29.4 Å². The van der Waals surface area contributed by atoms with E-state index in [1.165, 1.54) is 0 Å². The van der Waals surface area contributed by atoms with Crippen LogP contribution >= 0.6 is 0 Å². The first-order valence-corrected chi connectivity index (χ1v) is 12.5. The molecule has 4 rings (SSSR count). The zero-order chi connectivity index (χ0) is 24.9. The first-order chi connectivity index (χ1) is 15.9. The number of Topliss-reactive ketones (excluding diaryl/α,β-unsaturated/α-hetero) is 1. The summed E-state index contributed by atoms with van der Waals surface area (Å²) >= 11 is 0. The van der Waals surface area contributed by atoms with Crippen LogP contribution in [0.15, 0.2) is 11.6 Å². The van der Waals surface area contributed by atoms with E-state index in [4.69, 9.17) is 9.84 Å². The number of hydrogen-bond acceptors (Lipinski definition) is 7. The number of esters is 1. The van der Waals surface area contributed by atoms with Crippen molar-refractivity contribution in [3.8, 4) is 0 Å². The molecule has 0 unspecified atom stereocenters. The summed E-state index contributed by atoms with van der Waals surface area (Å²) in [5, 5.41) is 31.7. The number of aliphatic carboxylic acids is 1. The number of aliphatic hydroxyl groups is 2. The third kappa shape index (κ3) is 3.92. The third-order valence-electron chi connectivity index (χ3n) is 9.65. The van der Waals surface area contributed by atoms with Gasteiger partial charge in [0, 0.05) is 24.7 Å². The molecule has 0 aliphatic heterocycles. The fourth-order valence-corrected chi connectivity index (χ4v) is 7.87. The third-order valence-corrected chi connectivity index (χ3v) is 9.65. The summed E-state index contributed by atoms with van der Waals surface area (Å²) < 4.78 is 5.07. The zero-order valence-electron chi connectivity index (χ0n) is 20.0. The molecule has 0 radical (unpaired) electrons. The van der Waals surface area contributed by atoms with Gasteiger partial charge in [0.25, 0.3) is 0 Å². The summed E-state index contributed by atoms with van der Waals surface area (Å²) in [7, 11) is 0. The second-order valence-corrected chi connectivity index (χ2v) is 11.3. The van der Waals surface area contributed by atoms with Gasteiger partial charge in [-0.05, 0) is 74.2 Å². The van der Waals surface area contributed by atoms with Gasteiger partial charge in [-0.15, -0.1) is 0 Å². The second-order valence-electron chi connectivity index (χ2n) is 11.3. The Hall–Kier alpha value is -2.06. The molecule has 0 heterocycles. The maximum absolute atomic E-state index is 13.2. The number of allylic oxidation sites excluding steroid dienone is 1. The summed E-state index contributed by atoms with van der Waals surface area (Å²) in [6, 6.07) is 0. The normalized spacial score (nSPS) is 41.1. The van der Waals surface area contributed by atoms with E-state index in [0.717, 1.165) is 24.8 Å². The molecule has 7 atom stereocenters. The van der Waals surface area contributed by atoms with E-state index in [1.807, 2.05) is 6.92 Å². The molecule has 188 valence electrons. The number of rotatable bonds is 7. The molecule has 0 aromatic rings. The van der Waals surface area contributed by atoms with Crippen molar-refractivity contribution in [3.63, 3.8) is 0 Å². The Labute approximate surface area is 199 Å². The van der Waals surface area contributed by atoms with Crippen LogP contribution in [0.1, 0.15) is 78.1 Å². The van der Waals surface area contributed by atoms with Crippen LogP contribution < -0.4 is 0 Å². The minimum Gasteiger partial charge on any atom is -0.481 e. The maximum atomic E-state index is 13.2. The Morgan fingerprint density at radius 3 is 2.56 bits per heavy atom. The van der Waals surface area contributed by atoms with Crippen molar-refractivity contribution in [2.45, 2.75) is 89.8 Å². The number of carbonyl (C=O) groups is 4. The van der Waals surface area contributed by atoms with Gasteiger partial charge in [0.1, 0.15) is 5.60 Å². The molecule has 3 saturated carbocycles. The van der Waals surface area contributed by atoms with Gasteiger partial charge in [-0.3, -0.25) is 19.2 Å². The average molecular weight is 477 g/mol. The van der Waals surface area contributed by atoms with E-state index < -0.39 is 41.4 Å². The van der Waals surface area contributed by atoms with Gasteiger partial charge in [-0.1, -0.05) is 19.4 Å². The van der Waals surface area contributed by atoms with Crippen LogP contribution in [0.3, 0.4) is 0 Å². The average Bonchev–Trinajstić information content (AvgIpc) is 3.03. The lowest BCUT2D eigenvalue weighted by Gasteiger charge is -2.60. The maximum Gasteiger partial charge on any atom is 0.306 e. The molecule has 0 spiro atoms. The van der Waals surface area contributed by atoms with Crippen molar-refractivity contribution >= 4 is 23.5 Å². The second kappa shape index (κ2) is 8.86. The van der Waals surface area contributed by atoms with Gasteiger partial charge >= 0.3 is 11.9 Å². The van der Waals surface area contributed by atoms with Crippen molar-refractivity contribution in [2.24, 2.45) is 28.6 Å². The van der Waals surface area contributed by atoms with Gasteiger partial charge < -0.3 is 20.1 Å². The number of aliphatic hydroxyl groups excluding tert-OH is 1. The highest BCUT2D eigenvalue weighted by Crippen LogP contribution is 2.67.